The lowest BCUT2D eigenvalue weighted by atomic mass is 9.76. The molecule has 24 heavy (non-hydrogen) atoms. The zero-order chi connectivity index (χ0) is 17.1. The van der Waals surface area contributed by atoms with Gasteiger partial charge in [0.25, 0.3) is 0 Å². The van der Waals surface area contributed by atoms with Crippen LogP contribution in [0, 0.1) is 11.3 Å². The van der Waals surface area contributed by atoms with Crippen molar-refractivity contribution in [3.63, 3.8) is 0 Å². The number of aliphatic hydroxyl groups excluding tert-OH is 1. The summed E-state index contributed by atoms with van der Waals surface area (Å²) in [4.78, 5) is 6.55. The number of hydrogen-bond acceptors (Lipinski definition) is 5. The second-order valence-corrected chi connectivity index (χ2v) is 6.74. The SMILES string of the molecule is CC=Cc1ccc([C@H]2[C@@H](C#N)N(c3nc(CC)cs3)[C@H]2CO)cc1. The molecular weight excluding hydrogens is 318 g/mol. The molecule has 1 N–H and O–H groups in total. The molecule has 0 radical (unpaired) electrons. The molecule has 2 heterocycles. The molecule has 1 aromatic heterocycles. The fourth-order valence-electron chi connectivity index (χ4n) is 3.27. The van der Waals surface area contributed by atoms with Crippen LogP contribution in [0.2, 0.25) is 0 Å². The van der Waals surface area contributed by atoms with E-state index in [4.69, 9.17) is 0 Å². The highest BCUT2D eigenvalue weighted by Gasteiger charge is 2.50. The number of allylic oxidation sites excluding steroid dienone is 1. The first kappa shape index (κ1) is 16.7. The van der Waals surface area contributed by atoms with E-state index in [-0.39, 0.29) is 24.6 Å². The van der Waals surface area contributed by atoms with Crippen molar-refractivity contribution in [2.75, 3.05) is 11.5 Å². The van der Waals surface area contributed by atoms with Crippen LogP contribution in [0.4, 0.5) is 5.13 Å². The second-order valence-electron chi connectivity index (χ2n) is 5.90. The van der Waals surface area contributed by atoms with Crippen molar-refractivity contribution < 1.29 is 5.11 Å². The van der Waals surface area contributed by atoms with Gasteiger partial charge in [-0.15, -0.1) is 11.3 Å². The highest BCUT2D eigenvalue weighted by molar-refractivity contribution is 7.13. The normalized spacial score (nSPS) is 23.2. The molecule has 0 bridgehead atoms. The Hall–Kier alpha value is -2.16. The summed E-state index contributed by atoms with van der Waals surface area (Å²) in [7, 11) is 0. The van der Waals surface area contributed by atoms with E-state index in [9.17, 15) is 10.4 Å². The molecule has 5 heteroatoms. The van der Waals surface area contributed by atoms with E-state index in [2.05, 4.69) is 42.2 Å². The highest BCUT2D eigenvalue weighted by atomic mass is 32.1. The van der Waals surface area contributed by atoms with Crippen LogP contribution < -0.4 is 4.90 Å². The average Bonchev–Trinajstić information content (AvgIpc) is 3.05. The molecule has 1 saturated heterocycles. The maximum Gasteiger partial charge on any atom is 0.186 e. The summed E-state index contributed by atoms with van der Waals surface area (Å²) >= 11 is 1.55. The molecule has 1 aliphatic rings. The third-order valence-electron chi connectivity index (χ3n) is 4.53. The Labute approximate surface area is 146 Å². The zero-order valence-corrected chi connectivity index (χ0v) is 14.7. The Morgan fingerprint density at radius 3 is 2.67 bits per heavy atom. The maximum atomic E-state index is 9.88. The predicted molar refractivity (Wildman–Crippen MR) is 98.1 cm³/mol. The first-order chi connectivity index (χ1) is 11.7. The molecule has 1 fully saturated rings. The van der Waals surface area contributed by atoms with Gasteiger partial charge in [-0.2, -0.15) is 5.26 Å². The fourth-order valence-corrected chi connectivity index (χ4v) is 4.27. The Bertz CT molecular complexity index is 760. The molecule has 1 aromatic carbocycles. The number of hydrogen-bond donors (Lipinski definition) is 1. The minimum Gasteiger partial charge on any atom is -0.394 e. The van der Waals surface area contributed by atoms with E-state index < -0.39 is 0 Å². The summed E-state index contributed by atoms with van der Waals surface area (Å²) < 4.78 is 0. The molecule has 0 amide bonds. The Kier molecular flexibility index (Phi) is 4.98. The van der Waals surface area contributed by atoms with Gasteiger partial charge < -0.3 is 10.0 Å². The molecule has 2 aromatic rings. The quantitative estimate of drug-likeness (QED) is 0.904. The third-order valence-corrected chi connectivity index (χ3v) is 5.44. The van der Waals surface area contributed by atoms with E-state index in [1.165, 1.54) is 0 Å². The number of nitrogens with zero attached hydrogens (tertiary/aromatic N) is 3. The van der Waals surface area contributed by atoms with Crippen molar-refractivity contribution in [1.82, 2.24) is 4.98 Å². The number of benzene rings is 1. The van der Waals surface area contributed by atoms with Crippen LogP contribution >= 0.6 is 11.3 Å². The molecule has 4 nitrogen and oxygen atoms in total. The summed E-state index contributed by atoms with van der Waals surface area (Å²) in [6.45, 7) is 4.07. The van der Waals surface area contributed by atoms with E-state index >= 15 is 0 Å². The van der Waals surface area contributed by atoms with E-state index in [0.29, 0.717) is 0 Å². The van der Waals surface area contributed by atoms with Crippen LogP contribution in [-0.4, -0.2) is 28.8 Å². The predicted octanol–water partition coefficient (Wildman–Crippen LogP) is 3.60. The molecule has 0 aliphatic carbocycles. The van der Waals surface area contributed by atoms with Crippen molar-refractivity contribution in [2.24, 2.45) is 0 Å². The summed E-state index contributed by atoms with van der Waals surface area (Å²) in [6, 6.07) is 10.2. The third kappa shape index (κ3) is 2.83. The number of nitriles is 1. The number of thiazole rings is 1. The number of aryl methyl sites for hydroxylation is 1. The van der Waals surface area contributed by atoms with Gasteiger partial charge in [-0.25, -0.2) is 4.98 Å². The largest absolute Gasteiger partial charge is 0.394 e. The Balaban J connectivity index is 1.87. The summed E-state index contributed by atoms with van der Waals surface area (Å²) in [5, 5.41) is 22.4. The minimum absolute atomic E-state index is 0.00799. The van der Waals surface area contributed by atoms with Gasteiger partial charge in [-0.05, 0) is 24.5 Å². The molecular formula is C19H21N3OS. The first-order valence-corrected chi connectivity index (χ1v) is 9.07. The van der Waals surface area contributed by atoms with Gasteiger partial charge in [-0.3, -0.25) is 0 Å². The molecule has 1 aliphatic heterocycles. The second kappa shape index (κ2) is 7.16. The van der Waals surface area contributed by atoms with Crippen LogP contribution in [-0.2, 0) is 6.42 Å². The van der Waals surface area contributed by atoms with Crippen molar-refractivity contribution in [3.8, 4) is 6.07 Å². The van der Waals surface area contributed by atoms with Gasteiger partial charge in [0.05, 0.1) is 24.4 Å². The van der Waals surface area contributed by atoms with Gasteiger partial charge in [0.2, 0.25) is 0 Å². The van der Waals surface area contributed by atoms with Gasteiger partial charge in [0, 0.05) is 11.3 Å². The topological polar surface area (TPSA) is 60.2 Å². The molecule has 0 unspecified atom stereocenters. The first-order valence-electron chi connectivity index (χ1n) is 8.19. The van der Waals surface area contributed by atoms with E-state index in [1.54, 1.807) is 11.3 Å². The Morgan fingerprint density at radius 2 is 2.12 bits per heavy atom. The van der Waals surface area contributed by atoms with Crippen LogP contribution in [0.15, 0.2) is 35.7 Å². The van der Waals surface area contributed by atoms with Gasteiger partial charge in [0.1, 0.15) is 6.04 Å². The van der Waals surface area contributed by atoms with Crippen molar-refractivity contribution in [2.45, 2.75) is 38.3 Å². The maximum absolute atomic E-state index is 9.88. The standard InChI is InChI=1S/C19H21N3OS/c1-3-5-13-6-8-14(9-7-13)18-16(10-20)22(17(18)11-23)19-21-15(4-2)12-24-19/h3,5-9,12,16-18,23H,4,11H2,1-2H3/t16-,17+,18+/m1/s1. The Morgan fingerprint density at radius 1 is 1.38 bits per heavy atom. The zero-order valence-electron chi connectivity index (χ0n) is 13.9. The number of aromatic nitrogens is 1. The van der Waals surface area contributed by atoms with Crippen LogP contribution in [0.1, 0.15) is 36.6 Å². The molecule has 0 spiro atoms. The summed E-state index contributed by atoms with van der Waals surface area (Å²) in [5.74, 6) is 0.00799. The number of rotatable bonds is 5. The van der Waals surface area contributed by atoms with Gasteiger partial charge in [-0.1, -0.05) is 43.3 Å². The monoisotopic (exact) mass is 339 g/mol. The van der Waals surface area contributed by atoms with Crippen molar-refractivity contribution in [1.29, 1.82) is 5.26 Å². The summed E-state index contributed by atoms with van der Waals surface area (Å²) in [6.07, 6.45) is 4.92. The number of aliphatic hydroxyl groups is 1. The molecule has 124 valence electrons. The molecule has 3 rings (SSSR count). The average molecular weight is 339 g/mol. The van der Waals surface area contributed by atoms with E-state index in [1.807, 2.05) is 29.4 Å². The highest BCUT2D eigenvalue weighted by Crippen LogP contribution is 2.44. The van der Waals surface area contributed by atoms with E-state index in [0.717, 1.165) is 28.4 Å². The van der Waals surface area contributed by atoms with Crippen molar-refractivity contribution in [3.05, 3.63) is 52.5 Å². The lowest BCUT2D eigenvalue weighted by Crippen LogP contribution is -2.63. The minimum atomic E-state index is -0.287. The smallest absolute Gasteiger partial charge is 0.186 e. The van der Waals surface area contributed by atoms with Crippen LogP contribution in [0.25, 0.3) is 6.08 Å². The van der Waals surface area contributed by atoms with Crippen LogP contribution in [0.5, 0.6) is 0 Å². The molecule has 3 atom stereocenters. The molecule has 0 saturated carbocycles. The van der Waals surface area contributed by atoms with Crippen molar-refractivity contribution >= 4 is 22.5 Å². The fraction of sp³-hybridized carbons (Fsp3) is 0.368. The van der Waals surface area contributed by atoms with Gasteiger partial charge in [0.15, 0.2) is 5.13 Å². The van der Waals surface area contributed by atoms with Crippen LogP contribution in [0.3, 0.4) is 0 Å². The van der Waals surface area contributed by atoms with Gasteiger partial charge >= 0.3 is 0 Å². The summed E-state index contributed by atoms with van der Waals surface area (Å²) in [5.41, 5.74) is 3.26. The lowest BCUT2D eigenvalue weighted by Gasteiger charge is -2.51. The lowest BCUT2D eigenvalue weighted by molar-refractivity contribution is 0.187. The number of anilines is 1.